The smallest absolute Gasteiger partial charge is 0.387 e. The molecule has 0 radical (unpaired) electrons. The van der Waals surface area contributed by atoms with Crippen LogP contribution in [0.1, 0.15) is 56.2 Å². The summed E-state index contributed by atoms with van der Waals surface area (Å²) in [5, 5.41) is 6.71. The van der Waals surface area contributed by atoms with Crippen LogP contribution >= 0.6 is 0 Å². The standard InChI is InChI=1S/C23H28F2N2O4/c1-14(2)17-7-6-8-18(15(3)4)22(17)27-21(28)13-30-26-12-16-9-10-19(31-23(24)25)20(11-16)29-5/h6-12,14-15,23H,13H2,1-5H3,(H,27,28)/b26-12+. The molecule has 6 nitrogen and oxygen atoms in total. The van der Waals surface area contributed by atoms with Crippen LogP contribution in [-0.2, 0) is 9.63 Å². The van der Waals surface area contributed by atoms with Gasteiger partial charge in [0.1, 0.15) is 0 Å². The average Bonchev–Trinajstić information content (AvgIpc) is 2.71. The van der Waals surface area contributed by atoms with Crippen LogP contribution in [0.25, 0.3) is 0 Å². The van der Waals surface area contributed by atoms with Gasteiger partial charge in [-0.25, -0.2) is 0 Å². The quantitative estimate of drug-likeness (QED) is 0.394. The zero-order valence-corrected chi connectivity index (χ0v) is 18.3. The average molecular weight is 434 g/mol. The van der Waals surface area contributed by atoms with Crippen LogP contribution < -0.4 is 14.8 Å². The van der Waals surface area contributed by atoms with Gasteiger partial charge in [0.15, 0.2) is 18.1 Å². The van der Waals surface area contributed by atoms with Crippen molar-refractivity contribution in [3.05, 3.63) is 53.1 Å². The van der Waals surface area contributed by atoms with Crippen LogP contribution in [0.5, 0.6) is 11.5 Å². The molecule has 2 rings (SSSR count). The van der Waals surface area contributed by atoms with Gasteiger partial charge in [-0.05, 0) is 41.2 Å². The topological polar surface area (TPSA) is 69.2 Å². The number of carbonyl (C=O) groups excluding carboxylic acids is 1. The molecular weight excluding hydrogens is 406 g/mol. The normalized spacial score (nSPS) is 11.4. The van der Waals surface area contributed by atoms with Gasteiger partial charge in [0.2, 0.25) is 0 Å². The van der Waals surface area contributed by atoms with Gasteiger partial charge in [0.05, 0.1) is 13.3 Å². The highest BCUT2D eigenvalue weighted by Crippen LogP contribution is 2.32. The minimum atomic E-state index is -2.95. The number of hydrogen-bond donors (Lipinski definition) is 1. The van der Waals surface area contributed by atoms with E-state index >= 15 is 0 Å². The lowest BCUT2D eigenvalue weighted by atomic mass is 9.92. The molecule has 1 N–H and O–H groups in total. The molecule has 0 saturated carbocycles. The molecule has 168 valence electrons. The number of alkyl halides is 2. The Morgan fingerprint density at radius 1 is 1.06 bits per heavy atom. The van der Waals surface area contributed by atoms with Gasteiger partial charge < -0.3 is 19.6 Å². The van der Waals surface area contributed by atoms with Crippen LogP contribution in [0.2, 0.25) is 0 Å². The van der Waals surface area contributed by atoms with Crippen molar-refractivity contribution in [2.75, 3.05) is 19.0 Å². The molecule has 0 fully saturated rings. The first-order chi connectivity index (χ1) is 14.7. The van der Waals surface area contributed by atoms with Gasteiger partial charge in [-0.3, -0.25) is 4.79 Å². The molecule has 0 spiro atoms. The molecule has 0 bridgehead atoms. The van der Waals surface area contributed by atoms with Crippen molar-refractivity contribution in [3.8, 4) is 11.5 Å². The van der Waals surface area contributed by atoms with Gasteiger partial charge in [-0.2, -0.15) is 8.78 Å². The summed E-state index contributed by atoms with van der Waals surface area (Å²) in [6.07, 6.45) is 1.35. The first kappa shape index (κ1) is 24.1. The first-order valence-electron chi connectivity index (χ1n) is 9.93. The maximum absolute atomic E-state index is 12.4. The maximum atomic E-state index is 12.4. The number of carbonyl (C=O) groups is 1. The van der Waals surface area contributed by atoms with Crippen LogP contribution in [0.3, 0.4) is 0 Å². The number of halogens is 2. The second-order valence-electron chi connectivity index (χ2n) is 7.47. The van der Waals surface area contributed by atoms with E-state index in [0.29, 0.717) is 5.56 Å². The Morgan fingerprint density at radius 2 is 1.71 bits per heavy atom. The molecule has 0 heterocycles. The predicted molar refractivity (Wildman–Crippen MR) is 116 cm³/mol. The van der Waals surface area contributed by atoms with Gasteiger partial charge in [0, 0.05) is 11.3 Å². The molecule has 2 aromatic carbocycles. The van der Waals surface area contributed by atoms with Crippen LogP contribution in [0, 0.1) is 0 Å². The van der Waals surface area contributed by atoms with E-state index in [1.54, 1.807) is 0 Å². The summed E-state index contributed by atoms with van der Waals surface area (Å²) in [7, 11) is 1.34. The van der Waals surface area contributed by atoms with E-state index in [-0.39, 0.29) is 35.8 Å². The Labute approximate surface area is 181 Å². The Morgan fingerprint density at radius 3 is 2.26 bits per heavy atom. The summed E-state index contributed by atoms with van der Waals surface area (Å²) in [6, 6.07) is 10.3. The largest absolute Gasteiger partial charge is 0.493 e. The Hall–Kier alpha value is -3.16. The minimum absolute atomic E-state index is 0.0836. The second kappa shape index (κ2) is 11.3. The zero-order valence-electron chi connectivity index (χ0n) is 18.3. The fourth-order valence-corrected chi connectivity index (χ4v) is 3.02. The summed E-state index contributed by atoms with van der Waals surface area (Å²) >= 11 is 0. The highest BCUT2D eigenvalue weighted by molar-refractivity contribution is 5.93. The lowest BCUT2D eigenvalue weighted by Crippen LogP contribution is -2.19. The number of methoxy groups -OCH3 is 1. The molecule has 0 atom stereocenters. The first-order valence-corrected chi connectivity index (χ1v) is 9.93. The molecule has 2 aromatic rings. The monoisotopic (exact) mass is 434 g/mol. The van der Waals surface area contributed by atoms with Crippen LogP contribution in [-0.4, -0.2) is 32.4 Å². The summed E-state index contributed by atoms with van der Waals surface area (Å²) < 4.78 is 34.2. The van der Waals surface area contributed by atoms with Crippen molar-refractivity contribution in [2.45, 2.75) is 46.1 Å². The third-order valence-corrected chi connectivity index (χ3v) is 4.51. The highest BCUT2D eigenvalue weighted by Gasteiger charge is 2.16. The number of anilines is 1. The number of rotatable bonds is 10. The second-order valence-corrected chi connectivity index (χ2v) is 7.47. The predicted octanol–water partition coefficient (Wildman–Crippen LogP) is 5.53. The van der Waals surface area contributed by atoms with Gasteiger partial charge in [-0.1, -0.05) is 51.0 Å². The van der Waals surface area contributed by atoms with Crippen LogP contribution in [0.15, 0.2) is 41.6 Å². The molecule has 8 heteroatoms. The van der Waals surface area contributed by atoms with Crippen molar-refractivity contribution in [1.29, 1.82) is 0 Å². The zero-order chi connectivity index (χ0) is 23.0. The molecule has 1 amide bonds. The molecule has 0 aromatic heterocycles. The van der Waals surface area contributed by atoms with E-state index in [1.807, 2.05) is 18.2 Å². The Kier molecular flexibility index (Phi) is 8.78. The van der Waals surface area contributed by atoms with Gasteiger partial charge in [-0.15, -0.1) is 0 Å². The number of nitrogens with one attached hydrogen (secondary N) is 1. The number of oxime groups is 1. The van der Waals surface area contributed by atoms with Gasteiger partial charge >= 0.3 is 6.61 Å². The Balaban J connectivity index is 2.01. The molecule has 31 heavy (non-hydrogen) atoms. The van der Waals surface area contributed by atoms with E-state index in [1.165, 1.54) is 31.5 Å². The lowest BCUT2D eigenvalue weighted by Gasteiger charge is -2.19. The van der Waals surface area contributed by atoms with E-state index in [9.17, 15) is 13.6 Å². The molecular formula is C23H28F2N2O4. The number of benzene rings is 2. The van der Waals surface area contributed by atoms with E-state index in [4.69, 9.17) is 9.57 Å². The van der Waals surface area contributed by atoms with Crippen molar-refractivity contribution in [2.24, 2.45) is 5.16 Å². The van der Waals surface area contributed by atoms with Gasteiger partial charge in [0.25, 0.3) is 5.91 Å². The maximum Gasteiger partial charge on any atom is 0.387 e. The van der Waals surface area contributed by atoms with Crippen molar-refractivity contribution in [1.82, 2.24) is 0 Å². The summed E-state index contributed by atoms with van der Waals surface area (Å²) in [6.45, 7) is 5.06. The molecule has 0 aliphatic rings. The molecule has 0 saturated heterocycles. The number of amides is 1. The van der Waals surface area contributed by atoms with E-state index in [0.717, 1.165) is 16.8 Å². The summed E-state index contributed by atoms with van der Waals surface area (Å²) in [5.74, 6) is 0.221. The summed E-state index contributed by atoms with van der Waals surface area (Å²) in [5.41, 5.74) is 3.46. The van der Waals surface area contributed by atoms with Crippen molar-refractivity contribution in [3.63, 3.8) is 0 Å². The SMILES string of the molecule is COc1cc(/C=N/OCC(=O)Nc2c(C(C)C)cccc2C(C)C)ccc1OC(F)F. The number of nitrogens with zero attached hydrogens (tertiary/aromatic N) is 1. The minimum Gasteiger partial charge on any atom is -0.493 e. The number of para-hydroxylation sites is 1. The molecule has 0 aliphatic carbocycles. The van der Waals surface area contributed by atoms with E-state index < -0.39 is 6.61 Å². The van der Waals surface area contributed by atoms with Crippen molar-refractivity contribution < 1.29 is 27.9 Å². The fourth-order valence-electron chi connectivity index (χ4n) is 3.02. The third kappa shape index (κ3) is 6.94. The Bertz CT molecular complexity index is 888. The van der Waals surface area contributed by atoms with Crippen LogP contribution in [0.4, 0.5) is 14.5 Å². The van der Waals surface area contributed by atoms with E-state index in [2.05, 4.69) is 42.9 Å². The lowest BCUT2D eigenvalue weighted by molar-refractivity contribution is -0.120. The number of hydrogen-bond acceptors (Lipinski definition) is 5. The molecule has 0 unspecified atom stereocenters. The highest BCUT2D eigenvalue weighted by atomic mass is 19.3. The summed E-state index contributed by atoms with van der Waals surface area (Å²) in [4.78, 5) is 17.5. The third-order valence-electron chi connectivity index (χ3n) is 4.51. The fraction of sp³-hybridized carbons (Fsp3) is 0.391. The molecule has 0 aliphatic heterocycles. The van der Waals surface area contributed by atoms with Crippen molar-refractivity contribution >= 4 is 17.8 Å². The number of ether oxygens (including phenoxy) is 2.